The van der Waals surface area contributed by atoms with E-state index < -0.39 is 11.7 Å². The molecule has 0 radical (unpaired) electrons. The van der Waals surface area contributed by atoms with Crippen molar-refractivity contribution < 1.29 is 13.2 Å². The third-order valence-corrected chi connectivity index (χ3v) is 4.01. The smallest absolute Gasteiger partial charge is 0.383 e. The molecule has 0 saturated heterocycles. The Morgan fingerprint density at radius 3 is 2.53 bits per heavy atom. The lowest BCUT2D eigenvalue weighted by Crippen LogP contribution is -2.23. The van der Waals surface area contributed by atoms with Crippen molar-refractivity contribution in [2.75, 3.05) is 5.32 Å². The summed E-state index contributed by atoms with van der Waals surface area (Å²) in [6, 6.07) is 4.15. The Bertz CT molecular complexity index is 441. The molecule has 1 N–H and O–H groups in total. The maximum atomic E-state index is 12.7. The van der Waals surface area contributed by atoms with Gasteiger partial charge in [-0.25, -0.2) is 0 Å². The highest BCUT2D eigenvalue weighted by atomic mass is 79.9. The second kappa shape index (κ2) is 5.73. The average Bonchev–Trinajstić information content (AvgIpc) is 2.21. The molecular formula is C14H17BrF3N. The van der Waals surface area contributed by atoms with Gasteiger partial charge in [-0.2, -0.15) is 13.2 Å². The topological polar surface area (TPSA) is 12.0 Å². The van der Waals surface area contributed by atoms with Crippen molar-refractivity contribution in [2.24, 2.45) is 5.92 Å². The molecule has 0 heterocycles. The molecule has 1 saturated carbocycles. The maximum absolute atomic E-state index is 12.7. The van der Waals surface area contributed by atoms with Gasteiger partial charge in [0.05, 0.1) is 5.56 Å². The summed E-state index contributed by atoms with van der Waals surface area (Å²) in [5, 5.41) is 3.16. The first-order valence-electron chi connectivity index (χ1n) is 6.49. The van der Waals surface area contributed by atoms with E-state index in [-0.39, 0.29) is 6.04 Å². The van der Waals surface area contributed by atoms with Crippen molar-refractivity contribution in [3.63, 3.8) is 0 Å². The Morgan fingerprint density at radius 2 is 2.00 bits per heavy atom. The zero-order valence-corrected chi connectivity index (χ0v) is 12.3. The van der Waals surface area contributed by atoms with E-state index in [1.54, 1.807) is 6.07 Å². The first kappa shape index (κ1) is 14.7. The predicted octanol–water partition coefficient (Wildman–Crippen LogP) is 5.46. The number of benzene rings is 1. The Hall–Kier alpha value is -0.710. The second-order valence-electron chi connectivity index (χ2n) is 5.30. The molecule has 1 atom stereocenters. The van der Waals surface area contributed by atoms with Crippen LogP contribution in [0.25, 0.3) is 0 Å². The molecular weight excluding hydrogens is 319 g/mol. The number of halogens is 4. The Balaban J connectivity index is 2.04. The van der Waals surface area contributed by atoms with Crippen LogP contribution in [0.4, 0.5) is 18.9 Å². The summed E-state index contributed by atoms with van der Waals surface area (Å²) < 4.78 is 38.6. The van der Waals surface area contributed by atoms with Crippen LogP contribution in [0.15, 0.2) is 22.7 Å². The molecule has 0 aliphatic heterocycles. The zero-order chi connectivity index (χ0) is 14.0. The van der Waals surface area contributed by atoms with Crippen molar-refractivity contribution in [3.8, 4) is 0 Å². The highest BCUT2D eigenvalue weighted by molar-refractivity contribution is 9.10. The lowest BCUT2D eigenvalue weighted by atomic mass is 9.81. The van der Waals surface area contributed by atoms with Gasteiger partial charge >= 0.3 is 6.18 Å². The summed E-state index contributed by atoms with van der Waals surface area (Å²) in [7, 11) is 0. The van der Waals surface area contributed by atoms with E-state index in [0.717, 1.165) is 18.4 Å². The SMILES string of the molecule is CC(CC1CCC1)Nc1cc(Br)cc(C(F)(F)F)c1. The summed E-state index contributed by atoms with van der Waals surface area (Å²) in [5.74, 6) is 0.733. The number of alkyl halides is 3. The van der Waals surface area contributed by atoms with Gasteiger partial charge in [-0.3, -0.25) is 0 Å². The molecule has 0 spiro atoms. The number of hydrogen-bond acceptors (Lipinski definition) is 1. The minimum atomic E-state index is -4.31. The highest BCUT2D eigenvalue weighted by Gasteiger charge is 2.31. The summed E-state index contributed by atoms with van der Waals surface area (Å²) in [5.41, 5.74) is -0.103. The molecule has 1 unspecified atom stereocenters. The van der Waals surface area contributed by atoms with Gasteiger partial charge in [0.25, 0.3) is 0 Å². The van der Waals surface area contributed by atoms with Crippen molar-refractivity contribution >= 4 is 21.6 Å². The molecule has 0 amide bonds. The fraction of sp³-hybridized carbons (Fsp3) is 0.571. The third-order valence-electron chi connectivity index (χ3n) is 3.55. The van der Waals surface area contributed by atoms with Crippen LogP contribution in [0.2, 0.25) is 0 Å². The van der Waals surface area contributed by atoms with Crippen molar-refractivity contribution in [2.45, 2.75) is 44.8 Å². The van der Waals surface area contributed by atoms with Crippen molar-refractivity contribution in [1.82, 2.24) is 0 Å². The minimum absolute atomic E-state index is 0.195. The van der Waals surface area contributed by atoms with E-state index in [1.165, 1.54) is 25.3 Å². The standard InChI is InChI=1S/C14H17BrF3N/c1-9(5-10-3-2-4-10)19-13-7-11(14(16,17)18)6-12(15)8-13/h6-10,19H,2-5H2,1H3. The average molecular weight is 336 g/mol. The van der Waals surface area contributed by atoms with E-state index in [2.05, 4.69) is 21.2 Å². The van der Waals surface area contributed by atoms with Crippen LogP contribution >= 0.6 is 15.9 Å². The summed E-state index contributed by atoms with van der Waals surface area (Å²) in [6.07, 6.45) is 0.494. The van der Waals surface area contributed by atoms with Gasteiger partial charge in [-0.15, -0.1) is 0 Å². The summed E-state index contributed by atoms with van der Waals surface area (Å²) in [6.45, 7) is 2.02. The molecule has 0 bridgehead atoms. The fourth-order valence-electron chi connectivity index (χ4n) is 2.41. The molecule has 1 aromatic carbocycles. The summed E-state index contributed by atoms with van der Waals surface area (Å²) >= 11 is 3.13. The molecule has 2 rings (SSSR count). The number of anilines is 1. The largest absolute Gasteiger partial charge is 0.416 e. The molecule has 1 nitrogen and oxygen atoms in total. The number of rotatable bonds is 4. The van der Waals surface area contributed by atoms with Crippen LogP contribution in [0, 0.1) is 5.92 Å². The van der Waals surface area contributed by atoms with Crippen LogP contribution < -0.4 is 5.32 Å². The molecule has 1 aliphatic rings. The van der Waals surface area contributed by atoms with E-state index >= 15 is 0 Å². The van der Waals surface area contributed by atoms with Crippen LogP contribution in [0.1, 0.15) is 38.2 Å². The maximum Gasteiger partial charge on any atom is 0.416 e. The van der Waals surface area contributed by atoms with E-state index in [4.69, 9.17) is 0 Å². The van der Waals surface area contributed by atoms with Crippen molar-refractivity contribution in [3.05, 3.63) is 28.2 Å². The lowest BCUT2D eigenvalue weighted by Gasteiger charge is -2.29. The minimum Gasteiger partial charge on any atom is -0.383 e. The van der Waals surface area contributed by atoms with Crippen LogP contribution in [0.5, 0.6) is 0 Å². The van der Waals surface area contributed by atoms with Gasteiger partial charge in [0.15, 0.2) is 0 Å². The van der Waals surface area contributed by atoms with E-state index in [9.17, 15) is 13.2 Å². The Morgan fingerprint density at radius 1 is 1.32 bits per heavy atom. The number of nitrogens with one attached hydrogen (secondary N) is 1. The Kier molecular flexibility index (Phi) is 4.43. The van der Waals surface area contributed by atoms with Crippen LogP contribution in [-0.2, 0) is 6.18 Å². The van der Waals surface area contributed by atoms with Crippen LogP contribution in [-0.4, -0.2) is 6.04 Å². The quantitative estimate of drug-likeness (QED) is 0.770. The highest BCUT2D eigenvalue weighted by Crippen LogP contribution is 2.34. The normalized spacial score (nSPS) is 17.9. The van der Waals surface area contributed by atoms with Gasteiger partial charge < -0.3 is 5.32 Å². The molecule has 1 aliphatic carbocycles. The summed E-state index contributed by atoms with van der Waals surface area (Å²) in [4.78, 5) is 0. The van der Waals surface area contributed by atoms with Crippen LogP contribution in [0.3, 0.4) is 0 Å². The van der Waals surface area contributed by atoms with Gasteiger partial charge in [0.2, 0.25) is 0 Å². The van der Waals surface area contributed by atoms with Gasteiger partial charge in [0, 0.05) is 16.2 Å². The van der Waals surface area contributed by atoms with Gasteiger partial charge in [-0.1, -0.05) is 35.2 Å². The molecule has 1 fully saturated rings. The molecule has 0 aromatic heterocycles. The van der Waals surface area contributed by atoms with Gasteiger partial charge in [0.1, 0.15) is 0 Å². The molecule has 5 heteroatoms. The third kappa shape index (κ3) is 4.13. The van der Waals surface area contributed by atoms with Gasteiger partial charge in [-0.05, 0) is 37.5 Å². The molecule has 106 valence electrons. The fourth-order valence-corrected chi connectivity index (χ4v) is 2.90. The molecule has 19 heavy (non-hydrogen) atoms. The zero-order valence-electron chi connectivity index (χ0n) is 10.7. The molecule has 1 aromatic rings. The second-order valence-corrected chi connectivity index (χ2v) is 6.22. The number of hydrogen-bond donors (Lipinski definition) is 1. The first-order chi connectivity index (χ1) is 8.84. The van der Waals surface area contributed by atoms with E-state index in [0.29, 0.717) is 10.2 Å². The lowest BCUT2D eigenvalue weighted by molar-refractivity contribution is -0.137. The monoisotopic (exact) mass is 335 g/mol. The Labute approximate surface area is 119 Å². The first-order valence-corrected chi connectivity index (χ1v) is 7.28. The van der Waals surface area contributed by atoms with Crippen molar-refractivity contribution in [1.29, 1.82) is 0 Å². The predicted molar refractivity (Wildman–Crippen MR) is 74.2 cm³/mol. The van der Waals surface area contributed by atoms with E-state index in [1.807, 2.05) is 6.92 Å².